The van der Waals surface area contributed by atoms with Gasteiger partial charge in [0.15, 0.2) is 0 Å². The molecule has 1 saturated heterocycles. The fourth-order valence-corrected chi connectivity index (χ4v) is 1.67. The van der Waals surface area contributed by atoms with Crippen LogP contribution in [0, 0.1) is 0 Å². The average molecular weight is 135 g/mol. The molecule has 1 aliphatic rings. The summed E-state index contributed by atoms with van der Waals surface area (Å²) in [5, 5.41) is 3.57. The Morgan fingerprint density at radius 1 is 1.00 bits per heavy atom. The molecule has 1 N–H and O–H groups in total. The molecular weight excluding hydrogens is 117 g/mol. The number of hydrogen-bond donors (Lipinski definition) is 1. The van der Waals surface area contributed by atoms with Crippen molar-refractivity contribution in [1.82, 2.24) is 5.32 Å². The summed E-state index contributed by atoms with van der Waals surface area (Å²) >= 11 is 0. The minimum Gasteiger partial charge on any atom is -1.00 e. The molecule has 0 atom stereocenters. The van der Waals surface area contributed by atoms with Crippen LogP contribution in [0.2, 0.25) is 0 Å². The van der Waals surface area contributed by atoms with E-state index in [2.05, 4.69) is 33.0 Å². The fraction of sp³-hybridized carbons (Fsp3) is 1.00. The second-order valence-corrected chi connectivity index (χ2v) is 4.39. The SMILES string of the molecule is CC1(C)CCC(C)(C)N1.[H-].[Li+]. The summed E-state index contributed by atoms with van der Waals surface area (Å²) in [5.74, 6) is 0. The van der Waals surface area contributed by atoms with Crippen molar-refractivity contribution in [1.29, 1.82) is 0 Å². The standard InChI is InChI=1S/C8H17N.Li.H/c1-7(2)5-6-8(3,4)9-7;;/h9H,5-6H2,1-4H3;;/q;+1;-1. The summed E-state index contributed by atoms with van der Waals surface area (Å²) in [7, 11) is 0. The van der Waals surface area contributed by atoms with Crippen molar-refractivity contribution in [2.75, 3.05) is 0 Å². The van der Waals surface area contributed by atoms with Crippen LogP contribution >= 0.6 is 0 Å². The molecule has 0 unspecified atom stereocenters. The smallest absolute Gasteiger partial charge is 1.00 e. The summed E-state index contributed by atoms with van der Waals surface area (Å²) in [5.41, 5.74) is 0.757. The van der Waals surface area contributed by atoms with Gasteiger partial charge in [0.05, 0.1) is 0 Å². The summed E-state index contributed by atoms with van der Waals surface area (Å²) < 4.78 is 0. The molecule has 2 heteroatoms. The molecule has 0 aromatic rings. The molecule has 0 aromatic carbocycles. The van der Waals surface area contributed by atoms with Crippen molar-refractivity contribution in [3.05, 3.63) is 0 Å². The van der Waals surface area contributed by atoms with Crippen molar-refractivity contribution < 1.29 is 20.3 Å². The first-order valence-corrected chi connectivity index (χ1v) is 3.71. The zero-order valence-corrected chi connectivity index (χ0v) is 7.91. The Labute approximate surface area is 77.6 Å². The van der Waals surface area contributed by atoms with Gasteiger partial charge in [0, 0.05) is 11.1 Å². The molecule has 1 nitrogen and oxygen atoms in total. The Hall–Kier alpha value is 0.557. The van der Waals surface area contributed by atoms with Gasteiger partial charge in [0.1, 0.15) is 0 Å². The molecular formula is C8H18LiN. The van der Waals surface area contributed by atoms with Crippen LogP contribution in [0.1, 0.15) is 42.0 Å². The van der Waals surface area contributed by atoms with Crippen LogP contribution < -0.4 is 24.2 Å². The van der Waals surface area contributed by atoms with Crippen molar-refractivity contribution in [2.24, 2.45) is 0 Å². The van der Waals surface area contributed by atoms with Crippen LogP contribution in [0.3, 0.4) is 0 Å². The van der Waals surface area contributed by atoms with Gasteiger partial charge in [-0.1, -0.05) is 0 Å². The summed E-state index contributed by atoms with van der Waals surface area (Å²) in [6, 6.07) is 0. The van der Waals surface area contributed by atoms with Crippen molar-refractivity contribution >= 4 is 0 Å². The van der Waals surface area contributed by atoms with E-state index in [1.807, 2.05) is 0 Å². The Morgan fingerprint density at radius 2 is 1.30 bits per heavy atom. The van der Waals surface area contributed by atoms with E-state index in [1.54, 1.807) is 0 Å². The van der Waals surface area contributed by atoms with Crippen molar-refractivity contribution in [3.8, 4) is 0 Å². The zero-order chi connectivity index (χ0) is 7.12. The van der Waals surface area contributed by atoms with Gasteiger partial charge >= 0.3 is 18.9 Å². The van der Waals surface area contributed by atoms with Crippen LogP contribution in [-0.2, 0) is 0 Å². The molecule has 0 aliphatic carbocycles. The summed E-state index contributed by atoms with van der Waals surface area (Å²) in [4.78, 5) is 0. The Kier molecular flexibility index (Phi) is 3.05. The maximum atomic E-state index is 3.57. The largest absolute Gasteiger partial charge is 1.00 e. The minimum atomic E-state index is 0. The third-order valence-electron chi connectivity index (χ3n) is 2.05. The predicted octanol–water partition coefficient (Wildman–Crippen LogP) is -0.956. The Morgan fingerprint density at radius 3 is 1.40 bits per heavy atom. The molecule has 0 radical (unpaired) electrons. The van der Waals surface area contributed by atoms with E-state index in [-0.39, 0.29) is 20.3 Å². The molecule has 1 fully saturated rings. The summed E-state index contributed by atoms with van der Waals surface area (Å²) in [6.07, 6.45) is 2.61. The van der Waals surface area contributed by atoms with Crippen LogP contribution in [0.5, 0.6) is 0 Å². The maximum absolute atomic E-state index is 3.57. The fourth-order valence-electron chi connectivity index (χ4n) is 1.67. The molecule has 0 saturated carbocycles. The molecule has 10 heavy (non-hydrogen) atoms. The average Bonchev–Trinajstić information content (AvgIpc) is 1.78. The van der Waals surface area contributed by atoms with E-state index in [9.17, 15) is 0 Å². The molecule has 1 rings (SSSR count). The molecule has 1 heterocycles. The second-order valence-electron chi connectivity index (χ2n) is 4.39. The zero-order valence-electron chi connectivity index (χ0n) is 8.91. The molecule has 0 aromatic heterocycles. The topological polar surface area (TPSA) is 12.0 Å². The number of nitrogens with one attached hydrogen (secondary N) is 1. The monoisotopic (exact) mass is 135 g/mol. The third kappa shape index (κ3) is 2.66. The van der Waals surface area contributed by atoms with Gasteiger partial charge in [-0.25, -0.2) is 0 Å². The van der Waals surface area contributed by atoms with E-state index in [4.69, 9.17) is 0 Å². The van der Waals surface area contributed by atoms with E-state index in [0.29, 0.717) is 11.1 Å². The van der Waals surface area contributed by atoms with Gasteiger partial charge in [0.25, 0.3) is 0 Å². The quantitative estimate of drug-likeness (QED) is 0.422. The first kappa shape index (κ1) is 10.6. The van der Waals surface area contributed by atoms with Gasteiger partial charge in [0.2, 0.25) is 0 Å². The van der Waals surface area contributed by atoms with Gasteiger partial charge in [-0.15, -0.1) is 0 Å². The van der Waals surface area contributed by atoms with Gasteiger partial charge < -0.3 is 6.74 Å². The second kappa shape index (κ2) is 2.89. The van der Waals surface area contributed by atoms with Crippen molar-refractivity contribution in [3.63, 3.8) is 0 Å². The molecule has 0 bridgehead atoms. The number of rotatable bonds is 0. The number of hydrogen-bond acceptors (Lipinski definition) is 1. The summed E-state index contributed by atoms with van der Waals surface area (Å²) in [6.45, 7) is 9.06. The molecule has 1 aliphatic heterocycles. The first-order valence-electron chi connectivity index (χ1n) is 3.71. The molecule has 0 spiro atoms. The molecule has 0 amide bonds. The van der Waals surface area contributed by atoms with Gasteiger partial charge in [-0.2, -0.15) is 0 Å². The van der Waals surface area contributed by atoms with Crippen LogP contribution in [0.15, 0.2) is 0 Å². The predicted molar refractivity (Wildman–Crippen MR) is 41.6 cm³/mol. The Balaban J connectivity index is 0. The van der Waals surface area contributed by atoms with Crippen LogP contribution in [-0.4, -0.2) is 11.1 Å². The van der Waals surface area contributed by atoms with E-state index in [0.717, 1.165) is 0 Å². The third-order valence-corrected chi connectivity index (χ3v) is 2.05. The first-order chi connectivity index (χ1) is 3.91. The Bertz CT molecular complexity index is 109. The van der Waals surface area contributed by atoms with E-state index in [1.165, 1.54) is 12.8 Å². The van der Waals surface area contributed by atoms with Crippen molar-refractivity contribution in [2.45, 2.75) is 51.6 Å². The minimum absolute atomic E-state index is 0. The molecule has 56 valence electrons. The normalized spacial score (nSPS) is 27.6. The maximum Gasteiger partial charge on any atom is 1.00 e. The van der Waals surface area contributed by atoms with Crippen LogP contribution in [0.25, 0.3) is 0 Å². The van der Waals surface area contributed by atoms with E-state index >= 15 is 0 Å². The van der Waals surface area contributed by atoms with Gasteiger partial charge in [-0.05, 0) is 40.5 Å². The van der Waals surface area contributed by atoms with E-state index < -0.39 is 0 Å². The van der Waals surface area contributed by atoms with Crippen LogP contribution in [0.4, 0.5) is 0 Å². The van der Waals surface area contributed by atoms with Gasteiger partial charge in [-0.3, -0.25) is 0 Å².